The van der Waals surface area contributed by atoms with E-state index in [1.807, 2.05) is 0 Å². The first-order chi connectivity index (χ1) is 27.3. The lowest BCUT2D eigenvalue weighted by molar-refractivity contribution is 0.768. The van der Waals surface area contributed by atoms with E-state index in [0.717, 1.165) is 22.0 Å². The van der Waals surface area contributed by atoms with Crippen LogP contribution >= 0.6 is 11.5 Å². The summed E-state index contributed by atoms with van der Waals surface area (Å²) in [4.78, 5) is 5.29. The molecule has 1 heterocycles. The lowest BCUT2D eigenvalue weighted by atomic mass is 9.67. The standard InChI is InChI=1S/C52H34N2S/c1-5-17-37(18-6-1)51(38-19-7-2-8-20-38)45-27-15-13-25-41(45)43-31-29-35(33-47(43)51)49-53-50(55-54-49)36-30-32-44-42-26-14-16-28-46(42)52(48(44)34-36,39-21-9-3-10-22-39)40-23-11-4-12-24-40/h1-34H. The Morgan fingerprint density at radius 2 is 0.691 bits per heavy atom. The maximum atomic E-state index is 5.29. The molecule has 2 nitrogen and oxygen atoms in total. The van der Waals surface area contributed by atoms with Crippen LogP contribution in [0.25, 0.3) is 44.2 Å². The minimum absolute atomic E-state index is 0.467. The molecule has 0 radical (unpaired) electrons. The van der Waals surface area contributed by atoms with Crippen molar-refractivity contribution in [2.24, 2.45) is 0 Å². The number of aromatic nitrogens is 2. The van der Waals surface area contributed by atoms with Crippen molar-refractivity contribution in [2.75, 3.05) is 0 Å². The van der Waals surface area contributed by atoms with Crippen molar-refractivity contribution in [3.63, 3.8) is 0 Å². The van der Waals surface area contributed by atoms with Gasteiger partial charge in [-0.25, -0.2) is 4.98 Å². The molecule has 3 heteroatoms. The second kappa shape index (κ2) is 12.4. The molecule has 11 rings (SSSR count). The summed E-state index contributed by atoms with van der Waals surface area (Å²) >= 11 is 1.47. The Kier molecular flexibility index (Phi) is 7.20. The molecule has 8 aromatic carbocycles. The second-order valence-electron chi connectivity index (χ2n) is 14.5. The first kappa shape index (κ1) is 31.8. The van der Waals surface area contributed by atoms with E-state index < -0.39 is 10.8 Å². The van der Waals surface area contributed by atoms with E-state index in [1.54, 1.807) is 0 Å². The monoisotopic (exact) mass is 718 g/mol. The minimum atomic E-state index is -0.476. The van der Waals surface area contributed by atoms with E-state index >= 15 is 0 Å². The zero-order valence-corrected chi connectivity index (χ0v) is 30.7. The average molecular weight is 719 g/mol. The van der Waals surface area contributed by atoms with Crippen LogP contribution in [0.3, 0.4) is 0 Å². The van der Waals surface area contributed by atoms with Gasteiger partial charge in [0.2, 0.25) is 0 Å². The van der Waals surface area contributed by atoms with Crippen molar-refractivity contribution in [1.29, 1.82) is 0 Å². The first-order valence-electron chi connectivity index (χ1n) is 18.8. The highest BCUT2D eigenvalue weighted by Crippen LogP contribution is 2.58. The maximum absolute atomic E-state index is 5.29. The van der Waals surface area contributed by atoms with E-state index in [2.05, 4.69) is 206 Å². The van der Waals surface area contributed by atoms with E-state index in [1.165, 1.54) is 78.3 Å². The summed E-state index contributed by atoms with van der Waals surface area (Å²) < 4.78 is 5.05. The van der Waals surface area contributed by atoms with Crippen molar-refractivity contribution in [2.45, 2.75) is 10.8 Å². The number of benzene rings is 8. The lowest BCUT2D eigenvalue weighted by Crippen LogP contribution is -2.28. The number of fused-ring (bicyclic) bond motifs is 6. The molecule has 0 saturated carbocycles. The highest BCUT2D eigenvalue weighted by molar-refractivity contribution is 7.09. The highest BCUT2D eigenvalue weighted by atomic mass is 32.1. The molecule has 0 N–H and O–H groups in total. The molecule has 2 aliphatic rings. The van der Waals surface area contributed by atoms with Crippen molar-refractivity contribution in [3.8, 4) is 44.2 Å². The Hall–Kier alpha value is -6.68. The van der Waals surface area contributed by atoms with Crippen LogP contribution in [0.15, 0.2) is 206 Å². The number of rotatable bonds is 6. The van der Waals surface area contributed by atoms with Gasteiger partial charge >= 0.3 is 0 Å². The normalized spacial score (nSPS) is 14.1. The molecule has 0 unspecified atom stereocenters. The third-order valence-electron chi connectivity index (χ3n) is 11.8. The van der Waals surface area contributed by atoms with E-state index in [9.17, 15) is 0 Å². The molecule has 9 aromatic rings. The number of nitrogens with zero attached hydrogens (tertiary/aromatic N) is 2. The van der Waals surface area contributed by atoms with Gasteiger partial charge in [0.15, 0.2) is 5.82 Å². The molecule has 0 saturated heterocycles. The van der Waals surface area contributed by atoms with Crippen LogP contribution in [0, 0.1) is 0 Å². The summed E-state index contributed by atoms with van der Waals surface area (Å²) in [6.07, 6.45) is 0. The maximum Gasteiger partial charge on any atom is 0.173 e. The third kappa shape index (κ3) is 4.54. The number of hydrogen-bond donors (Lipinski definition) is 0. The summed E-state index contributed by atoms with van der Waals surface area (Å²) in [5, 5.41) is 0.907. The lowest BCUT2D eigenvalue weighted by Gasteiger charge is -2.34. The van der Waals surface area contributed by atoms with Gasteiger partial charge in [0.1, 0.15) is 5.01 Å². The van der Waals surface area contributed by atoms with Crippen LogP contribution in [0.4, 0.5) is 0 Å². The van der Waals surface area contributed by atoms with E-state index in [-0.39, 0.29) is 0 Å². The molecule has 0 fully saturated rings. The fraction of sp³-hybridized carbons (Fsp3) is 0.0385. The average Bonchev–Trinajstić information content (AvgIpc) is 3.96. The molecule has 1 aromatic heterocycles. The van der Waals surface area contributed by atoms with Gasteiger partial charge in [0.05, 0.1) is 10.8 Å². The molecular weight excluding hydrogens is 685 g/mol. The zero-order valence-electron chi connectivity index (χ0n) is 29.9. The van der Waals surface area contributed by atoms with Gasteiger partial charge in [-0.05, 0) is 90.4 Å². The molecular formula is C52H34N2S. The van der Waals surface area contributed by atoms with Crippen LogP contribution in [-0.2, 0) is 10.8 Å². The quantitative estimate of drug-likeness (QED) is 0.171. The fourth-order valence-corrected chi connectivity index (χ4v) is 10.3. The van der Waals surface area contributed by atoms with Crippen molar-refractivity contribution < 1.29 is 0 Å². The van der Waals surface area contributed by atoms with Gasteiger partial charge in [-0.2, -0.15) is 4.37 Å². The van der Waals surface area contributed by atoms with Crippen molar-refractivity contribution in [3.05, 3.63) is 251 Å². The third-order valence-corrected chi connectivity index (χ3v) is 12.6. The van der Waals surface area contributed by atoms with Crippen LogP contribution in [0.2, 0.25) is 0 Å². The Morgan fingerprint density at radius 3 is 1.15 bits per heavy atom. The molecule has 0 aliphatic heterocycles. The molecule has 0 amide bonds. The van der Waals surface area contributed by atoms with Gasteiger partial charge in [-0.15, -0.1) is 0 Å². The molecule has 258 valence electrons. The van der Waals surface area contributed by atoms with Gasteiger partial charge < -0.3 is 0 Å². The smallest absolute Gasteiger partial charge is 0.173 e. The summed E-state index contributed by atoms with van der Waals surface area (Å²) in [7, 11) is 0. The Balaban J connectivity index is 1.07. The number of hydrogen-bond acceptors (Lipinski definition) is 3. The van der Waals surface area contributed by atoms with Crippen LogP contribution in [-0.4, -0.2) is 9.36 Å². The highest BCUT2D eigenvalue weighted by Gasteiger charge is 2.47. The Bertz CT molecular complexity index is 2590. The SMILES string of the molecule is c1ccc(C2(c3ccccc3)c3ccccc3-c3ccc(-c4nsc(-c5ccc6c(c5)C(c5ccccc5)(c5ccccc5)c5ccccc5-6)n4)cc32)cc1. The van der Waals surface area contributed by atoms with Crippen LogP contribution in [0.1, 0.15) is 44.5 Å². The molecule has 0 bridgehead atoms. The summed E-state index contributed by atoms with van der Waals surface area (Å²) in [6.45, 7) is 0. The Morgan fingerprint density at radius 1 is 0.327 bits per heavy atom. The second-order valence-corrected chi connectivity index (χ2v) is 15.3. The fourth-order valence-electron chi connectivity index (χ4n) is 9.62. The van der Waals surface area contributed by atoms with Crippen LogP contribution in [0.5, 0.6) is 0 Å². The largest absolute Gasteiger partial charge is 0.215 e. The van der Waals surface area contributed by atoms with Crippen molar-refractivity contribution in [1.82, 2.24) is 9.36 Å². The predicted octanol–water partition coefficient (Wildman–Crippen LogP) is 12.6. The molecule has 55 heavy (non-hydrogen) atoms. The van der Waals surface area contributed by atoms with E-state index in [4.69, 9.17) is 9.36 Å². The zero-order chi connectivity index (χ0) is 36.4. The van der Waals surface area contributed by atoms with Crippen molar-refractivity contribution >= 4 is 11.5 Å². The summed E-state index contributed by atoms with van der Waals surface area (Å²) in [6, 6.07) is 75.2. The summed E-state index contributed by atoms with van der Waals surface area (Å²) in [5.41, 5.74) is 16.3. The Labute approximate surface area is 325 Å². The van der Waals surface area contributed by atoms with Gasteiger partial charge in [0.25, 0.3) is 0 Å². The van der Waals surface area contributed by atoms with Gasteiger partial charge in [0, 0.05) is 11.1 Å². The van der Waals surface area contributed by atoms with Gasteiger partial charge in [-0.3, -0.25) is 0 Å². The predicted molar refractivity (Wildman–Crippen MR) is 225 cm³/mol. The topological polar surface area (TPSA) is 25.8 Å². The molecule has 2 aliphatic carbocycles. The van der Waals surface area contributed by atoms with E-state index in [0.29, 0.717) is 0 Å². The molecule has 0 atom stereocenters. The first-order valence-corrected chi connectivity index (χ1v) is 19.6. The van der Waals surface area contributed by atoms with Crippen LogP contribution < -0.4 is 0 Å². The minimum Gasteiger partial charge on any atom is -0.215 e. The van der Waals surface area contributed by atoms with Gasteiger partial charge in [-0.1, -0.05) is 194 Å². The summed E-state index contributed by atoms with van der Waals surface area (Å²) in [5.74, 6) is 0.745. The molecule has 0 spiro atoms.